The Morgan fingerprint density at radius 1 is 1.07 bits per heavy atom. The third-order valence-corrected chi connectivity index (χ3v) is 4.39. The van der Waals surface area contributed by atoms with Gasteiger partial charge in [-0.3, -0.25) is 4.79 Å². The average Bonchev–Trinajstić information content (AvgIpc) is 2.62. The molecule has 27 heavy (non-hydrogen) atoms. The number of nitriles is 1. The number of hydrogen-bond donors (Lipinski definition) is 2. The summed E-state index contributed by atoms with van der Waals surface area (Å²) < 4.78 is 39.7. The van der Waals surface area contributed by atoms with E-state index in [0.717, 1.165) is 12.1 Å². The van der Waals surface area contributed by atoms with Crippen molar-refractivity contribution in [3.05, 3.63) is 74.5 Å². The van der Waals surface area contributed by atoms with E-state index in [9.17, 15) is 28.3 Å². The van der Waals surface area contributed by atoms with Crippen LogP contribution >= 0.6 is 15.9 Å². The summed E-state index contributed by atoms with van der Waals surface area (Å²) in [6, 6.07) is 12.0. The van der Waals surface area contributed by atoms with E-state index in [1.807, 2.05) is 0 Å². The summed E-state index contributed by atoms with van der Waals surface area (Å²) in [6.45, 7) is 0. The second-order valence-electron chi connectivity index (χ2n) is 5.65. The van der Waals surface area contributed by atoms with Crippen molar-refractivity contribution < 1.29 is 18.3 Å². The Hall–Kier alpha value is -3.05. The lowest BCUT2D eigenvalue weighted by atomic mass is 9.97. The van der Waals surface area contributed by atoms with E-state index in [0.29, 0.717) is 4.47 Å². The zero-order valence-electron chi connectivity index (χ0n) is 13.4. The fourth-order valence-electron chi connectivity index (χ4n) is 2.63. The molecule has 0 aliphatic carbocycles. The van der Waals surface area contributed by atoms with Crippen LogP contribution in [0, 0.1) is 11.3 Å². The lowest BCUT2D eigenvalue weighted by molar-refractivity contribution is -0.137. The summed E-state index contributed by atoms with van der Waals surface area (Å²) in [6.07, 6.45) is -4.56. The minimum Gasteiger partial charge on any atom is -0.507 e. The summed E-state index contributed by atoms with van der Waals surface area (Å²) >= 11 is 3.25. The molecule has 1 aromatic heterocycles. The lowest BCUT2D eigenvalue weighted by Crippen LogP contribution is -2.13. The molecule has 3 rings (SSSR count). The van der Waals surface area contributed by atoms with E-state index in [1.165, 1.54) is 24.3 Å². The van der Waals surface area contributed by atoms with Crippen molar-refractivity contribution in [2.24, 2.45) is 0 Å². The summed E-state index contributed by atoms with van der Waals surface area (Å²) in [5.74, 6) is -0.131. The number of pyridine rings is 1. The van der Waals surface area contributed by atoms with Gasteiger partial charge in [0.05, 0.1) is 11.3 Å². The highest BCUT2D eigenvalue weighted by atomic mass is 79.9. The number of nitrogens with one attached hydrogen (secondary N) is 1. The Bertz CT molecular complexity index is 1130. The highest BCUT2D eigenvalue weighted by Crippen LogP contribution is 2.35. The van der Waals surface area contributed by atoms with Crippen LogP contribution in [0.3, 0.4) is 0 Å². The molecule has 0 amide bonds. The van der Waals surface area contributed by atoms with Crippen molar-refractivity contribution in [3.8, 4) is 34.2 Å². The van der Waals surface area contributed by atoms with Gasteiger partial charge in [-0.2, -0.15) is 18.4 Å². The number of aromatic hydroxyl groups is 1. The predicted molar refractivity (Wildman–Crippen MR) is 97.0 cm³/mol. The first kappa shape index (κ1) is 18.7. The van der Waals surface area contributed by atoms with Crippen molar-refractivity contribution >= 4 is 15.9 Å². The van der Waals surface area contributed by atoms with Crippen molar-refractivity contribution in [1.82, 2.24) is 4.98 Å². The standard InChI is InChI=1S/C19H10BrF3N2O2/c20-12-4-5-17(26)14(7-12)16-8-13(15(9-24)18(27)25-16)10-2-1-3-11(6-10)19(21,22)23/h1-8,26H,(H,25,27). The van der Waals surface area contributed by atoms with Gasteiger partial charge in [0.2, 0.25) is 0 Å². The minimum atomic E-state index is -4.56. The molecule has 0 aliphatic rings. The number of hydrogen-bond acceptors (Lipinski definition) is 3. The molecule has 2 aromatic carbocycles. The Morgan fingerprint density at radius 2 is 1.81 bits per heavy atom. The Labute approximate surface area is 159 Å². The van der Waals surface area contributed by atoms with Crippen molar-refractivity contribution in [1.29, 1.82) is 5.26 Å². The zero-order valence-corrected chi connectivity index (χ0v) is 15.0. The molecule has 0 saturated heterocycles. The maximum atomic E-state index is 13.0. The molecule has 2 N–H and O–H groups in total. The molecule has 0 bridgehead atoms. The van der Waals surface area contributed by atoms with Gasteiger partial charge in [-0.15, -0.1) is 0 Å². The number of rotatable bonds is 2. The van der Waals surface area contributed by atoms with Gasteiger partial charge in [0.1, 0.15) is 17.4 Å². The topological polar surface area (TPSA) is 76.9 Å². The van der Waals surface area contributed by atoms with Gasteiger partial charge >= 0.3 is 6.18 Å². The van der Waals surface area contributed by atoms with Crippen LogP contribution in [0.4, 0.5) is 13.2 Å². The van der Waals surface area contributed by atoms with E-state index < -0.39 is 17.3 Å². The number of benzene rings is 2. The molecule has 1 heterocycles. The number of phenolic OH excluding ortho intramolecular Hbond substituents is 1. The van der Waals surface area contributed by atoms with Crippen LogP contribution in [-0.4, -0.2) is 10.1 Å². The first-order valence-electron chi connectivity index (χ1n) is 7.54. The fourth-order valence-corrected chi connectivity index (χ4v) is 2.99. The summed E-state index contributed by atoms with van der Waals surface area (Å²) in [5.41, 5.74) is -1.42. The van der Waals surface area contributed by atoms with Crippen molar-refractivity contribution in [2.45, 2.75) is 6.18 Å². The number of aromatic nitrogens is 1. The number of phenols is 1. The smallest absolute Gasteiger partial charge is 0.416 e. The summed E-state index contributed by atoms with van der Waals surface area (Å²) in [4.78, 5) is 14.8. The second-order valence-corrected chi connectivity index (χ2v) is 6.57. The van der Waals surface area contributed by atoms with Crippen LogP contribution in [0.5, 0.6) is 5.75 Å². The predicted octanol–water partition coefficient (Wildman–Crippen LogP) is 5.07. The van der Waals surface area contributed by atoms with Gasteiger partial charge < -0.3 is 10.1 Å². The number of aromatic amines is 1. The summed E-state index contributed by atoms with van der Waals surface area (Å²) in [5, 5.41) is 19.4. The quantitative estimate of drug-likeness (QED) is 0.591. The fraction of sp³-hybridized carbons (Fsp3) is 0.0526. The van der Waals surface area contributed by atoms with Gasteiger partial charge in [-0.1, -0.05) is 28.1 Å². The molecular formula is C19H10BrF3N2O2. The largest absolute Gasteiger partial charge is 0.507 e. The first-order chi connectivity index (χ1) is 12.7. The highest BCUT2D eigenvalue weighted by molar-refractivity contribution is 9.10. The van der Waals surface area contributed by atoms with Crippen molar-refractivity contribution in [2.75, 3.05) is 0 Å². The molecular weight excluding hydrogens is 425 g/mol. The van der Waals surface area contributed by atoms with Gasteiger partial charge in [-0.05, 0) is 42.0 Å². The van der Waals surface area contributed by atoms with Gasteiger partial charge in [0.25, 0.3) is 5.56 Å². The average molecular weight is 435 g/mol. The normalized spacial score (nSPS) is 11.2. The van der Waals surface area contributed by atoms with Crippen LogP contribution in [0.2, 0.25) is 0 Å². The maximum absolute atomic E-state index is 13.0. The number of H-pyrrole nitrogens is 1. The van der Waals surface area contributed by atoms with E-state index in [2.05, 4.69) is 20.9 Å². The minimum absolute atomic E-state index is 0.0433. The molecule has 0 fully saturated rings. The molecule has 0 saturated carbocycles. The molecule has 0 aliphatic heterocycles. The number of alkyl halides is 3. The zero-order chi connectivity index (χ0) is 19.8. The monoisotopic (exact) mass is 434 g/mol. The number of nitrogens with zero attached hydrogens (tertiary/aromatic N) is 1. The molecule has 4 nitrogen and oxygen atoms in total. The molecule has 136 valence electrons. The molecule has 0 atom stereocenters. The van der Waals surface area contributed by atoms with E-state index in [1.54, 1.807) is 18.2 Å². The van der Waals surface area contributed by atoms with Crippen LogP contribution in [-0.2, 0) is 6.18 Å². The van der Waals surface area contributed by atoms with E-state index in [-0.39, 0.29) is 33.7 Å². The van der Waals surface area contributed by atoms with Crippen LogP contribution in [0.1, 0.15) is 11.1 Å². The number of halogens is 4. The van der Waals surface area contributed by atoms with E-state index >= 15 is 0 Å². The van der Waals surface area contributed by atoms with Crippen LogP contribution < -0.4 is 5.56 Å². The third kappa shape index (κ3) is 3.73. The maximum Gasteiger partial charge on any atom is 0.416 e. The van der Waals surface area contributed by atoms with Crippen molar-refractivity contribution in [3.63, 3.8) is 0 Å². The Kier molecular flexibility index (Phi) is 4.81. The lowest BCUT2D eigenvalue weighted by Gasteiger charge is -2.12. The highest BCUT2D eigenvalue weighted by Gasteiger charge is 2.30. The molecule has 0 spiro atoms. The Morgan fingerprint density at radius 3 is 2.48 bits per heavy atom. The SMILES string of the molecule is N#Cc1c(-c2cccc(C(F)(F)F)c2)cc(-c2cc(Br)ccc2O)[nH]c1=O. The van der Waals surface area contributed by atoms with Gasteiger partial charge in [0.15, 0.2) is 0 Å². The van der Waals surface area contributed by atoms with Gasteiger partial charge in [0, 0.05) is 15.6 Å². The van der Waals surface area contributed by atoms with E-state index in [4.69, 9.17) is 0 Å². The molecule has 8 heteroatoms. The molecule has 3 aromatic rings. The van der Waals surface area contributed by atoms with Gasteiger partial charge in [-0.25, -0.2) is 0 Å². The van der Waals surface area contributed by atoms with Crippen LogP contribution in [0.15, 0.2) is 57.8 Å². The third-order valence-electron chi connectivity index (χ3n) is 3.89. The first-order valence-corrected chi connectivity index (χ1v) is 8.34. The molecule has 0 radical (unpaired) electrons. The second kappa shape index (κ2) is 6.93. The molecule has 0 unspecified atom stereocenters. The Balaban J connectivity index is 2.28. The van der Waals surface area contributed by atoms with Crippen LogP contribution in [0.25, 0.3) is 22.4 Å². The summed E-state index contributed by atoms with van der Waals surface area (Å²) in [7, 11) is 0.